The lowest BCUT2D eigenvalue weighted by Gasteiger charge is -2.16. The number of nitro groups is 1. The van der Waals surface area contributed by atoms with Gasteiger partial charge >= 0.3 is 5.97 Å². The molecule has 1 aromatic carbocycles. The molecule has 1 atom stereocenters. The molecule has 1 aliphatic heterocycles. The van der Waals surface area contributed by atoms with Crippen LogP contribution in [0.1, 0.15) is 12.0 Å². The van der Waals surface area contributed by atoms with Crippen LogP contribution in [-0.2, 0) is 16.1 Å². The van der Waals surface area contributed by atoms with Crippen molar-refractivity contribution in [2.75, 3.05) is 25.9 Å². The second-order valence-electron chi connectivity index (χ2n) is 4.88. The Balaban J connectivity index is 2.06. The molecule has 1 fully saturated rings. The molecule has 0 spiro atoms. The lowest BCUT2D eigenvalue weighted by Crippen LogP contribution is -2.24. The Morgan fingerprint density at radius 2 is 2.35 bits per heavy atom. The predicted octanol–water partition coefficient (Wildman–Crippen LogP) is 1.17. The molecule has 2 N–H and O–H groups in total. The second kappa shape index (κ2) is 5.87. The number of anilines is 1. The third-order valence-corrected chi connectivity index (χ3v) is 3.54. The number of rotatable bonds is 4. The molecule has 0 aromatic heterocycles. The summed E-state index contributed by atoms with van der Waals surface area (Å²) in [6, 6.07) is 4.42. The molecule has 108 valence electrons. The smallest absolute Gasteiger partial charge is 0.310 e. The molecule has 1 aliphatic rings. The minimum absolute atomic E-state index is 0.0258. The van der Waals surface area contributed by atoms with Gasteiger partial charge in [-0.2, -0.15) is 0 Å². The number of hydrogen-bond donors (Lipinski definition) is 1. The average molecular weight is 279 g/mol. The van der Waals surface area contributed by atoms with Gasteiger partial charge in [-0.3, -0.25) is 19.8 Å². The first-order chi connectivity index (χ1) is 9.51. The van der Waals surface area contributed by atoms with Crippen LogP contribution >= 0.6 is 0 Å². The van der Waals surface area contributed by atoms with Crippen molar-refractivity contribution in [1.82, 2.24) is 4.90 Å². The fourth-order valence-electron chi connectivity index (χ4n) is 2.42. The van der Waals surface area contributed by atoms with Crippen LogP contribution in [0.25, 0.3) is 0 Å². The van der Waals surface area contributed by atoms with Gasteiger partial charge in [-0.15, -0.1) is 0 Å². The minimum atomic E-state index is -0.440. The molecule has 7 heteroatoms. The first kappa shape index (κ1) is 14.3. The van der Waals surface area contributed by atoms with Gasteiger partial charge in [-0.1, -0.05) is 0 Å². The zero-order valence-electron chi connectivity index (χ0n) is 11.2. The van der Waals surface area contributed by atoms with E-state index in [-0.39, 0.29) is 17.6 Å². The topological polar surface area (TPSA) is 98.7 Å². The normalized spacial score (nSPS) is 18.9. The van der Waals surface area contributed by atoms with Crippen molar-refractivity contribution in [3.63, 3.8) is 0 Å². The van der Waals surface area contributed by atoms with Crippen molar-refractivity contribution in [2.45, 2.75) is 13.0 Å². The number of carbonyl (C=O) groups excluding carboxylic acids is 1. The average Bonchev–Trinajstić information content (AvgIpc) is 2.88. The highest BCUT2D eigenvalue weighted by molar-refractivity contribution is 5.72. The van der Waals surface area contributed by atoms with Gasteiger partial charge in [-0.05, 0) is 24.6 Å². The Kier molecular flexibility index (Phi) is 4.19. The van der Waals surface area contributed by atoms with Gasteiger partial charge in [0.05, 0.1) is 18.0 Å². The fraction of sp³-hybridized carbons (Fsp3) is 0.462. The van der Waals surface area contributed by atoms with Gasteiger partial charge < -0.3 is 10.5 Å². The Hall–Kier alpha value is -2.15. The number of nitrogens with two attached hydrogens (primary N) is 1. The highest BCUT2D eigenvalue weighted by Crippen LogP contribution is 2.24. The van der Waals surface area contributed by atoms with E-state index in [1.807, 2.05) is 0 Å². The number of methoxy groups -OCH3 is 1. The molecule has 0 radical (unpaired) electrons. The predicted molar refractivity (Wildman–Crippen MR) is 72.9 cm³/mol. The van der Waals surface area contributed by atoms with E-state index in [9.17, 15) is 14.9 Å². The summed E-state index contributed by atoms with van der Waals surface area (Å²) in [6.07, 6.45) is 0.738. The number of nitrogens with zero attached hydrogens (tertiary/aromatic N) is 2. The monoisotopic (exact) mass is 279 g/mol. The molecule has 0 bridgehead atoms. The largest absolute Gasteiger partial charge is 0.469 e. The zero-order chi connectivity index (χ0) is 14.7. The summed E-state index contributed by atoms with van der Waals surface area (Å²) in [5, 5.41) is 10.8. The molecule has 2 rings (SSSR count). The van der Waals surface area contributed by atoms with E-state index < -0.39 is 4.92 Å². The van der Waals surface area contributed by atoms with Gasteiger partial charge in [0.25, 0.3) is 5.69 Å². The fourth-order valence-corrected chi connectivity index (χ4v) is 2.42. The maximum Gasteiger partial charge on any atom is 0.310 e. The van der Waals surface area contributed by atoms with Gasteiger partial charge in [0, 0.05) is 30.9 Å². The Morgan fingerprint density at radius 3 is 3.00 bits per heavy atom. The van der Waals surface area contributed by atoms with Gasteiger partial charge in [0.15, 0.2) is 0 Å². The number of nitro benzene ring substituents is 1. The number of non-ortho nitro benzene ring substituents is 1. The number of hydrogen-bond acceptors (Lipinski definition) is 6. The molecular formula is C13H17N3O4. The third kappa shape index (κ3) is 3.05. The standard InChI is InChI=1S/C13H17N3O4/c1-20-13(17)9-4-5-15(7-9)8-10-6-11(16(18)19)2-3-12(10)14/h2-3,6,9H,4-5,7-8,14H2,1H3. The maximum absolute atomic E-state index is 11.5. The summed E-state index contributed by atoms with van der Waals surface area (Å²) in [6.45, 7) is 1.84. The third-order valence-electron chi connectivity index (χ3n) is 3.54. The second-order valence-corrected chi connectivity index (χ2v) is 4.88. The molecule has 0 aliphatic carbocycles. The highest BCUT2D eigenvalue weighted by atomic mass is 16.6. The van der Waals surface area contributed by atoms with Crippen molar-refractivity contribution in [3.8, 4) is 0 Å². The number of benzene rings is 1. The van der Waals surface area contributed by atoms with Crippen molar-refractivity contribution in [2.24, 2.45) is 5.92 Å². The molecule has 0 amide bonds. The van der Waals surface area contributed by atoms with Crippen molar-refractivity contribution in [1.29, 1.82) is 0 Å². The Morgan fingerprint density at radius 1 is 1.60 bits per heavy atom. The molecular weight excluding hydrogens is 262 g/mol. The molecule has 1 aromatic rings. The zero-order valence-corrected chi connectivity index (χ0v) is 11.2. The van der Waals surface area contributed by atoms with Crippen LogP contribution in [-0.4, -0.2) is 36.0 Å². The van der Waals surface area contributed by atoms with Crippen LogP contribution in [0, 0.1) is 16.0 Å². The summed E-state index contributed by atoms with van der Waals surface area (Å²) < 4.78 is 4.73. The van der Waals surface area contributed by atoms with Crippen molar-refractivity contribution < 1.29 is 14.5 Å². The summed E-state index contributed by atoms with van der Waals surface area (Å²) >= 11 is 0. The molecule has 0 saturated carbocycles. The van der Waals surface area contributed by atoms with Crippen LogP contribution < -0.4 is 5.73 Å². The number of likely N-dealkylation sites (tertiary alicyclic amines) is 1. The minimum Gasteiger partial charge on any atom is -0.469 e. The quantitative estimate of drug-likeness (QED) is 0.384. The summed E-state index contributed by atoms with van der Waals surface area (Å²) in [7, 11) is 1.38. The van der Waals surface area contributed by atoms with Crippen LogP contribution in [0.3, 0.4) is 0 Å². The number of ether oxygens (including phenoxy) is 1. The number of nitrogen functional groups attached to an aromatic ring is 1. The van der Waals surface area contributed by atoms with E-state index in [1.54, 1.807) is 6.07 Å². The van der Waals surface area contributed by atoms with Gasteiger partial charge in [0.2, 0.25) is 0 Å². The van der Waals surface area contributed by atoms with Crippen LogP contribution in [0.5, 0.6) is 0 Å². The van der Waals surface area contributed by atoms with E-state index in [0.717, 1.165) is 13.0 Å². The summed E-state index contributed by atoms with van der Waals surface area (Å²) in [4.78, 5) is 23.8. The lowest BCUT2D eigenvalue weighted by atomic mass is 10.1. The SMILES string of the molecule is COC(=O)C1CCN(Cc2cc([N+](=O)[O-])ccc2N)C1. The Labute approximate surface area is 116 Å². The number of carbonyl (C=O) groups is 1. The molecule has 1 heterocycles. The first-order valence-electron chi connectivity index (χ1n) is 6.34. The molecule has 7 nitrogen and oxygen atoms in total. The van der Waals surface area contributed by atoms with Crippen LogP contribution in [0.15, 0.2) is 18.2 Å². The van der Waals surface area contributed by atoms with E-state index in [1.165, 1.54) is 19.2 Å². The highest BCUT2D eigenvalue weighted by Gasteiger charge is 2.29. The van der Waals surface area contributed by atoms with E-state index in [4.69, 9.17) is 10.5 Å². The molecule has 20 heavy (non-hydrogen) atoms. The number of esters is 1. The summed E-state index contributed by atoms with van der Waals surface area (Å²) in [5.41, 5.74) is 7.11. The molecule has 1 saturated heterocycles. The molecule has 1 unspecified atom stereocenters. The van der Waals surface area contributed by atoms with Crippen molar-refractivity contribution >= 4 is 17.3 Å². The maximum atomic E-state index is 11.5. The van der Waals surface area contributed by atoms with E-state index in [0.29, 0.717) is 24.3 Å². The first-order valence-corrected chi connectivity index (χ1v) is 6.34. The van der Waals surface area contributed by atoms with Crippen LogP contribution in [0.4, 0.5) is 11.4 Å². The summed E-state index contributed by atoms with van der Waals surface area (Å²) in [5.74, 6) is -0.334. The van der Waals surface area contributed by atoms with Gasteiger partial charge in [-0.25, -0.2) is 0 Å². The lowest BCUT2D eigenvalue weighted by molar-refractivity contribution is -0.384. The van der Waals surface area contributed by atoms with Crippen molar-refractivity contribution in [3.05, 3.63) is 33.9 Å². The van der Waals surface area contributed by atoms with Gasteiger partial charge in [0.1, 0.15) is 0 Å². The van der Waals surface area contributed by atoms with Crippen LogP contribution in [0.2, 0.25) is 0 Å². The van der Waals surface area contributed by atoms with E-state index in [2.05, 4.69) is 4.90 Å². The Bertz CT molecular complexity index is 532. The van der Waals surface area contributed by atoms with E-state index >= 15 is 0 Å².